The Morgan fingerprint density at radius 1 is 1.00 bits per heavy atom. The molecule has 1 saturated heterocycles. The molecule has 11 heteroatoms. The van der Waals surface area contributed by atoms with Crippen LogP contribution in [0.4, 0.5) is 0 Å². The Bertz CT molecular complexity index is 585. The quantitative estimate of drug-likeness (QED) is 0.334. The van der Waals surface area contributed by atoms with Gasteiger partial charge >= 0.3 is 17.9 Å². The van der Waals surface area contributed by atoms with Crippen LogP contribution in [0.2, 0.25) is 0 Å². The molecular weight excluding hydrogens is 394 g/mol. The summed E-state index contributed by atoms with van der Waals surface area (Å²) >= 11 is 1.39. The van der Waals surface area contributed by atoms with E-state index >= 15 is 0 Å². The van der Waals surface area contributed by atoms with Crippen molar-refractivity contribution < 1.29 is 42.9 Å². The molecule has 1 heterocycles. The molecule has 6 atom stereocenters. The third-order valence-electron chi connectivity index (χ3n) is 3.73. The van der Waals surface area contributed by atoms with Crippen LogP contribution in [0.25, 0.3) is 0 Å². The van der Waals surface area contributed by atoms with Crippen molar-refractivity contribution in [2.75, 3.05) is 12.9 Å². The van der Waals surface area contributed by atoms with E-state index in [1.54, 1.807) is 6.92 Å². The van der Waals surface area contributed by atoms with Gasteiger partial charge in [0.1, 0.15) is 24.2 Å². The number of nitrogens with one attached hydrogen (secondary N) is 1. The summed E-state index contributed by atoms with van der Waals surface area (Å²) < 4.78 is 27.3. The molecule has 160 valence electrons. The SMILES string of the molecule is CSC(C)O[C@@H]1O[C@H](COC(C)=O)[C@H](OC(C)=O)[C@H](OC(C)=O)[C@H]1NC(C)=O. The number of rotatable bonds is 8. The zero-order valence-corrected chi connectivity index (χ0v) is 17.6. The Kier molecular flexibility index (Phi) is 9.70. The van der Waals surface area contributed by atoms with Gasteiger partial charge in [-0.3, -0.25) is 19.2 Å². The van der Waals surface area contributed by atoms with Crippen molar-refractivity contribution in [3.05, 3.63) is 0 Å². The minimum absolute atomic E-state index is 0.259. The van der Waals surface area contributed by atoms with Gasteiger partial charge in [-0.25, -0.2) is 0 Å². The van der Waals surface area contributed by atoms with Gasteiger partial charge in [0, 0.05) is 27.7 Å². The fourth-order valence-corrected chi connectivity index (χ4v) is 2.87. The second kappa shape index (κ2) is 11.2. The standard InChI is InChI=1S/C17H27NO9S/c1-8(19)18-14-16(25-11(4)22)15(24-10(3)21)13(7-23-9(2)20)27-17(14)26-12(5)28-6/h12-17H,7H2,1-6H3,(H,18,19)/t12?,13-,14-,15+,16-,17-/m1/s1. The maximum Gasteiger partial charge on any atom is 0.303 e. The van der Waals surface area contributed by atoms with Crippen molar-refractivity contribution in [1.82, 2.24) is 5.32 Å². The first-order valence-corrected chi connectivity index (χ1v) is 9.92. The van der Waals surface area contributed by atoms with Gasteiger partial charge in [0.15, 0.2) is 18.5 Å². The van der Waals surface area contributed by atoms with Gasteiger partial charge in [-0.1, -0.05) is 0 Å². The minimum Gasteiger partial charge on any atom is -0.463 e. The number of thioether (sulfide) groups is 1. The molecule has 1 aliphatic heterocycles. The zero-order chi connectivity index (χ0) is 21.4. The van der Waals surface area contributed by atoms with Gasteiger partial charge in [-0.05, 0) is 13.2 Å². The van der Waals surface area contributed by atoms with E-state index < -0.39 is 54.5 Å². The molecule has 0 aromatic carbocycles. The van der Waals surface area contributed by atoms with Crippen molar-refractivity contribution >= 4 is 35.6 Å². The topological polar surface area (TPSA) is 126 Å². The van der Waals surface area contributed by atoms with Gasteiger partial charge < -0.3 is 29.0 Å². The number of ether oxygens (including phenoxy) is 5. The fourth-order valence-electron chi connectivity index (χ4n) is 2.65. The van der Waals surface area contributed by atoms with Crippen LogP contribution in [-0.4, -0.2) is 72.8 Å². The molecule has 0 aromatic rings. The normalized spacial score (nSPS) is 28.0. The fraction of sp³-hybridized carbons (Fsp3) is 0.765. The van der Waals surface area contributed by atoms with E-state index in [0.29, 0.717) is 0 Å². The predicted octanol–water partition coefficient (Wildman–Crippen LogP) is 0.368. The molecule has 0 spiro atoms. The van der Waals surface area contributed by atoms with E-state index in [9.17, 15) is 19.2 Å². The van der Waals surface area contributed by atoms with E-state index in [0.717, 1.165) is 0 Å². The summed E-state index contributed by atoms with van der Waals surface area (Å²) in [5.41, 5.74) is -0.320. The lowest BCUT2D eigenvalue weighted by Crippen LogP contribution is -2.66. The molecule has 28 heavy (non-hydrogen) atoms. The molecule has 0 aliphatic carbocycles. The molecule has 1 unspecified atom stereocenters. The number of hydrogen-bond acceptors (Lipinski definition) is 10. The van der Waals surface area contributed by atoms with Crippen molar-refractivity contribution in [1.29, 1.82) is 0 Å². The number of carbonyl (C=O) groups is 4. The van der Waals surface area contributed by atoms with Crippen molar-refractivity contribution in [2.45, 2.75) is 70.7 Å². The average Bonchev–Trinajstić information content (AvgIpc) is 2.57. The number of hydrogen-bond donors (Lipinski definition) is 1. The van der Waals surface area contributed by atoms with Crippen LogP contribution in [0, 0.1) is 0 Å². The van der Waals surface area contributed by atoms with E-state index in [4.69, 9.17) is 23.7 Å². The van der Waals surface area contributed by atoms with Crippen molar-refractivity contribution in [3.8, 4) is 0 Å². The van der Waals surface area contributed by atoms with Crippen LogP contribution >= 0.6 is 11.8 Å². The van der Waals surface area contributed by atoms with Gasteiger partial charge in [0.25, 0.3) is 0 Å². The summed E-state index contributed by atoms with van der Waals surface area (Å²) in [4.78, 5) is 46.3. The molecule has 1 N–H and O–H groups in total. The van der Waals surface area contributed by atoms with Gasteiger partial charge in [-0.2, -0.15) is 0 Å². The summed E-state index contributed by atoms with van der Waals surface area (Å²) in [5.74, 6) is -2.29. The average molecular weight is 421 g/mol. The third-order valence-corrected chi connectivity index (χ3v) is 4.50. The smallest absolute Gasteiger partial charge is 0.303 e. The van der Waals surface area contributed by atoms with Crippen molar-refractivity contribution in [2.24, 2.45) is 0 Å². The highest BCUT2D eigenvalue weighted by Gasteiger charge is 2.51. The zero-order valence-electron chi connectivity index (χ0n) is 16.8. The highest BCUT2D eigenvalue weighted by molar-refractivity contribution is 7.99. The maximum absolute atomic E-state index is 11.7. The number of esters is 3. The monoisotopic (exact) mass is 421 g/mol. The van der Waals surface area contributed by atoms with E-state index in [2.05, 4.69) is 5.32 Å². The van der Waals surface area contributed by atoms with Crippen LogP contribution in [0.5, 0.6) is 0 Å². The minimum atomic E-state index is -1.12. The summed E-state index contributed by atoms with van der Waals surface area (Å²) in [6.45, 7) is 6.39. The molecule has 1 rings (SSSR count). The summed E-state index contributed by atoms with van der Waals surface area (Å²) in [6, 6.07) is -0.950. The van der Waals surface area contributed by atoms with E-state index in [1.807, 2.05) is 6.26 Å². The molecule has 0 saturated carbocycles. The Labute approximate surface area is 167 Å². The Morgan fingerprint density at radius 2 is 1.57 bits per heavy atom. The van der Waals surface area contributed by atoms with Crippen LogP contribution in [0.1, 0.15) is 34.6 Å². The second-order valence-corrected chi connectivity index (χ2v) is 7.29. The first-order chi connectivity index (χ1) is 13.0. The highest BCUT2D eigenvalue weighted by atomic mass is 32.2. The summed E-state index contributed by atoms with van der Waals surface area (Å²) in [6.07, 6.45) is -2.42. The Hall–Kier alpha value is -1.85. The molecule has 10 nitrogen and oxygen atoms in total. The molecule has 0 bridgehead atoms. The van der Waals surface area contributed by atoms with E-state index in [-0.39, 0.29) is 12.0 Å². The third kappa shape index (κ3) is 7.64. The van der Waals surface area contributed by atoms with Crippen LogP contribution < -0.4 is 5.32 Å². The largest absolute Gasteiger partial charge is 0.463 e. The number of amides is 1. The lowest BCUT2D eigenvalue weighted by molar-refractivity contribution is -0.279. The number of carbonyl (C=O) groups excluding carboxylic acids is 4. The first kappa shape index (κ1) is 24.2. The van der Waals surface area contributed by atoms with Crippen LogP contribution in [0.15, 0.2) is 0 Å². The van der Waals surface area contributed by atoms with Crippen LogP contribution in [0.3, 0.4) is 0 Å². The van der Waals surface area contributed by atoms with Gasteiger partial charge in [-0.15, -0.1) is 11.8 Å². The highest BCUT2D eigenvalue weighted by Crippen LogP contribution is 2.29. The van der Waals surface area contributed by atoms with Gasteiger partial charge in [0.05, 0.1) is 0 Å². The summed E-state index contributed by atoms with van der Waals surface area (Å²) in [7, 11) is 0. The molecule has 1 amide bonds. The first-order valence-electron chi connectivity index (χ1n) is 8.63. The lowest BCUT2D eigenvalue weighted by atomic mass is 9.96. The predicted molar refractivity (Wildman–Crippen MR) is 98.1 cm³/mol. The lowest BCUT2D eigenvalue weighted by Gasteiger charge is -2.45. The Balaban J connectivity index is 3.28. The molecule has 0 radical (unpaired) electrons. The second-order valence-electron chi connectivity index (χ2n) is 6.16. The van der Waals surface area contributed by atoms with Crippen molar-refractivity contribution in [3.63, 3.8) is 0 Å². The molecule has 0 aromatic heterocycles. The molecule has 1 aliphatic rings. The summed E-state index contributed by atoms with van der Waals surface area (Å²) in [5, 5.41) is 2.63. The van der Waals surface area contributed by atoms with Crippen LogP contribution in [-0.2, 0) is 42.9 Å². The van der Waals surface area contributed by atoms with E-state index in [1.165, 1.54) is 39.5 Å². The molecular formula is C17H27NO9S. The molecule has 1 fully saturated rings. The maximum atomic E-state index is 11.7. The Morgan fingerprint density at radius 3 is 2.04 bits per heavy atom. The van der Waals surface area contributed by atoms with Gasteiger partial charge in [0.2, 0.25) is 5.91 Å².